The molecule has 5 nitrogen and oxygen atoms in total. The number of benzene rings is 1. The molecule has 3 N–H and O–H groups in total. The van der Waals surface area contributed by atoms with E-state index < -0.39 is 10.0 Å². The normalized spacial score (nSPS) is 11.3. The predicted molar refractivity (Wildman–Crippen MR) is 75.4 cm³/mol. The maximum atomic E-state index is 12.2. The van der Waals surface area contributed by atoms with E-state index in [4.69, 9.17) is 5.73 Å². The summed E-state index contributed by atoms with van der Waals surface area (Å²) in [5.74, 6) is 0.258. The van der Waals surface area contributed by atoms with Crippen LogP contribution in [0.15, 0.2) is 41.4 Å². The summed E-state index contributed by atoms with van der Waals surface area (Å²) in [6.45, 7) is 3.63. The van der Waals surface area contributed by atoms with E-state index in [0.717, 1.165) is 11.1 Å². The van der Waals surface area contributed by atoms with Gasteiger partial charge in [0.2, 0.25) is 0 Å². The molecular formula is C13H15N3O2S. The Bertz CT molecular complexity index is 712. The van der Waals surface area contributed by atoms with Crippen molar-refractivity contribution in [3.8, 4) is 0 Å². The number of nitrogen functional groups attached to an aromatic ring is 1. The molecule has 0 bridgehead atoms. The number of pyridine rings is 1. The molecule has 1 heterocycles. The summed E-state index contributed by atoms with van der Waals surface area (Å²) in [5.41, 5.74) is 7.82. The number of hydrogen-bond acceptors (Lipinski definition) is 4. The smallest absolute Gasteiger partial charge is 0.263 e. The van der Waals surface area contributed by atoms with Crippen molar-refractivity contribution in [1.29, 1.82) is 0 Å². The lowest BCUT2D eigenvalue weighted by Gasteiger charge is -2.09. The summed E-state index contributed by atoms with van der Waals surface area (Å²) in [6.07, 6.45) is 1.43. The van der Waals surface area contributed by atoms with Crippen molar-refractivity contribution >= 4 is 21.5 Å². The van der Waals surface area contributed by atoms with Crippen LogP contribution in [0, 0.1) is 13.8 Å². The molecule has 2 rings (SSSR count). The Morgan fingerprint density at radius 2 is 1.95 bits per heavy atom. The van der Waals surface area contributed by atoms with Gasteiger partial charge in [0.15, 0.2) is 0 Å². The van der Waals surface area contributed by atoms with E-state index in [-0.39, 0.29) is 10.7 Å². The number of nitrogens with two attached hydrogens (primary N) is 1. The highest BCUT2D eigenvalue weighted by Crippen LogP contribution is 2.18. The van der Waals surface area contributed by atoms with Crippen LogP contribution >= 0.6 is 0 Å². The first-order chi connectivity index (χ1) is 8.88. The summed E-state index contributed by atoms with van der Waals surface area (Å²) >= 11 is 0. The summed E-state index contributed by atoms with van der Waals surface area (Å²) in [7, 11) is -3.62. The standard InChI is InChI=1S/C13H15N3O2S/c1-9-4-3-5-11(6-9)19(17,18)16-13-7-10(2)12(14)8-15-13/h3-8H,14H2,1-2H3,(H,15,16). The zero-order valence-corrected chi connectivity index (χ0v) is 11.5. The second-order valence-corrected chi connectivity index (χ2v) is 6.03. The molecule has 100 valence electrons. The number of sulfonamides is 1. The molecular weight excluding hydrogens is 262 g/mol. The first kappa shape index (κ1) is 13.4. The van der Waals surface area contributed by atoms with Crippen LogP contribution in [0.3, 0.4) is 0 Å². The molecule has 19 heavy (non-hydrogen) atoms. The number of nitrogens with one attached hydrogen (secondary N) is 1. The number of aryl methyl sites for hydroxylation is 2. The van der Waals surface area contributed by atoms with E-state index in [0.29, 0.717) is 5.69 Å². The van der Waals surface area contributed by atoms with Gasteiger partial charge in [0.25, 0.3) is 10.0 Å². The average Bonchev–Trinajstić information content (AvgIpc) is 2.33. The molecule has 2 aromatic rings. The van der Waals surface area contributed by atoms with Gasteiger partial charge in [-0.2, -0.15) is 0 Å². The van der Waals surface area contributed by atoms with Gasteiger partial charge < -0.3 is 5.73 Å². The lowest BCUT2D eigenvalue weighted by molar-refractivity contribution is 0.601. The highest BCUT2D eigenvalue weighted by Gasteiger charge is 2.15. The van der Waals surface area contributed by atoms with Crippen molar-refractivity contribution in [3.05, 3.63) is 47.7 Å². The number of anilines is 2. The minimum atomic E-state index is -3.62. The van der Waals surface area contributed by atoms with Crippen molar-refractivity contribution < 1.29 is 8.42 Å². The topological polar surface area (TPSA) is 85.1 Å². The van der Waals surface area contributed by atoms with Crippen molar-refractivity contribution in [2.24, 2.45) is 0 Å². The van der Waals surface area contributed by atoms with E-state index in [9.17, 15) is 8.42 Å². The fourth-order valence-corrected chi connectivity index (χ4v) is 2.71. The van der Waals surface area contributed by atoms with Crippen LogP contribution in [-0.4, -0.2) is 13.4 Å². The summed E-state index contributed by atoms with van der Waals surface area (Å²) in [5, 5.41) is 0. The van der Waals surface area contributed by atoms with E-state index >= 15 is 0 Å². The molecule has 0 atom stereocenters. The molecule has 0 aliphatic rings. The maximum Gasteiger partial charge on any atom is 0.263 e. The highest BCUT2D eigenvalue weighted by molar-refractivity contribution is 7.92. The molecule has 0 saturated carbocycles. The van der Waals surface area contributed by atoms with Gasteiger partial charge in [-0.25, -0.2) is 13.4 Å². The van der Waals surface area contributed by atoms with Crippen molar-refractivity contribution in [2.45, 2.75) is 18.7 Å². The SMILES string of the molecule is Cc1cccc(S(=O)(=O)Nc2cc(C)c(N)cn2)c1. The first-order valence-electron chi connectivity index (χ1n) is 5.70. The molecule has 0 fully saturated rings. The maximum absolute atomic E-state index is 12.2. The van der Waals surface area contributed by atoms with Gasteiger partial charge in [-0.3, -0.25) is 4.72 Å². The van der Waals surface area contributed by atoms with Crippen LogP contribution in [0.25, 0.3) is 0 Å². The third-order valence-corrected chi connectivity index (χ3v) is 4.04. The monoisotopic (exact) mass is 277 g/mol. The minimum absolute atomic E-state index is 0.212. The first-order valence-corrected chi connectivity index (χ1v) is 7.18. The van der Waals surface area contributed by atoms with E-state index in [2.05, 4.69) is 9.71 Å². The molecule has 0 amide bonds. The quantitative estimate of drug-likeness (QED) is 0.899. The third-order valence-electron chi connectivity index (χ3n) is 2.69. The number of rotatable bonds is 3. The van der Waals surface area contributed by atoms with Gasteiger partial charge in [0.05, 0.1) is 16.8 Å². The van der Waals surface area contributed by atoms with Gasteiger partial charge in [-0.05, 0) is 43.2 Å². The van der Waals surface area contributed by atoms with Crippen LogP contribution in [0.4, 0.5) is 11.5 Å². The zero-order valence-electron chi connectivity index (χ0n) is 10.7. The molecule has 0 spiro atoms. The Balaban J connectivity index is 2.33. The number of nitrogens with zero attached hydrogens (tertiary/aromatic N) is 1. The Labute approximate surface area is 112 Å². The molecule has 1 aromatic heterocycles. The molecule has 0 aliphatic heterocycles. The van der Waals surface area contributed by atoms with Crippen molar-refractivity contribution in [3.63, 3.8) is 0 Å². The van der Waals surface area contributed by atoms with Crippen molar-refractivity contribution in [2.75, 3.05) is 10.5 Å². The van der Waals surface area contributed by atoms with Gasteiger partial charge in [0.1, 0.15) is 5.82 Å². The second kappa shape index (κ2) is 4.89. The van der Waals surface area contributed by atoms with Gasteiger partial charge >= 0.3 is 0 Å². The summed E-state index contributed by atoms with van der Waals surface area (Å²) in [6, 6.07) is 8.28. The number of aromatic nitrogens is 1. The molecule has 0 unspecified atom stereocenters. The summed E-state index contributed by atoms with van der Waals surface area (Å²) < 4.78 is 26.8. The third kappa shape index (κ3) is 3.03. The lowest BCUT2D eigenvalue weighted by atomic mass is 10.2. The van der Waals surface area contributed by atoms with Gasteiger partial charge in [-0.1, -0.05) is 12.1 Å². The van der Waals surface area contributed by atoms with E-state index in [1.54, 1.807) is 31.2 Å². The average molecular weight is 277 g/mol. The van der Waals surface area contributed by atoms with E-state index in [1.165, 1.54) is 6.20 Å². The largest absolute Gasteiger partial charge is 0.397 e. The Kier molecular flexibility index (Phi) is 3.44. The van der Waals surface area contributed by atoms with Gasteiger partial charge in [0, 0.05) is 0 Å². The lowest BCUT2D eigenvalue weighted by Crippen LogP contribution is -2.14. The highest BCUT2D eigenvalue weighted by atomic mass is 32.2. The number of hydrogen-bond donors (Lipinski definition) is 2. The Hall–Kier alpha value is -2.08. The Morgan fingerprint density at radius 3 is 2.58 bits per heavy atom. The van der Waals surface area contributed by atoms with Crippen LogP contribution in [0.2, 0.25) is 0 Å². The fourth-order valence-electron chi connectivity index (χ4n) is 1.60. The minimum Gasteiger partial charge on any atom is -0.397 e. The fraction of sp³-hybridized carbons (Fsp3) is 0.154. The molecule has 0 aliphatic carbocycles. The molecule has 0 saturated heterocycles. The van der Waals surface area contributed by atoms with Crippen LogP contribution < -0.4 is 10.5 Å². The van der Waals surface area contributed by atoms with Crippen molar-refractivity contribution in [1.82, 2.24) is 4.98 Å². The molecule has 1 aromatic carbocycles. The zero-order chi connectivity index (χ0) is 14.0. The molecule has 6 heteroatoms. The second-order valence-electron chi connectivity index (χ2n) is 4.35. The predicted octanol–water partition coefficient (Wildman–Crippen LogP) is 2.08. The van der Waals surface area contributed by atoms with Crippen LogP contribution in [-0.2, 0) is 10.0 Å². The van der Waals surface area contributed by atoms with Crippen LogP contribution in [0.5, 0.6) is 0 Å². The Morgan fingerprint density at radius 1 is 1.21 bits per heavy atom. The summed E-state index contributed by atoms with van der Waals surface area (Å²) in [4.78, 5) is 4.17. The van der Waals surface area contributed by atoms with Crippen LogP contribution in [0.1, 0.15) is 11.1 Å². The van der Waals surface area contributed by atoms with E-state index in [1.807, 2.05) is 13.0 Å². The van der Waals surface area contributed by atoms with Gasteiger partial charge in [-0.15, -0.1) is 0 Å². The molecule has 0 radical (unpaired) electrons.